The maximum absolute atomic E-state index is 14.2. The molecule has 18 heavy (non-hydrogen) atoms. The zero-order valence-electron chi connectivity index (χ0n) is 10.6. The van der Waals surface area contributed by atoms with E-state index < -0.39 is 0 Å². The minimum atomic E-state index is -0.381. The Hall–Kier alpha value is -2.03. The molecular formula is C15H15FO2. The summed E-state index contributed by atoms with van der Waals surface area (Å²) in [5.41, 5.74) is 2.79. The van der Waals surface area contributed by atoms with E-state index in [0.717, 1.165) is 16.7 Å². The molecular weight excluding hydrogens is 231 g/mol. The summed E-state index contributed by atoms with van der Waals surface area (Å²) in [6.07, 6.45) is 0. The Balaban J connectivity index is 2.66. The van der Waals surface area contributed by atoms with Crippen LogP contribution >= 0.6 is 0 Å². The molecule has 0 saturated heterocycles. The highest BCUT2D eigenvalue weighted by atomic mass is 19.1. The molecule has 0 heterocycles. The number of halogens is 1. The summed E-state index contributed by atoms with van der Waals surface area (Å²) in [6, 6.07) is 8.46. The van der Waals surface area contributed by atoms with Gasteiger partial charge in [0.05, 0.1) is 7.11 Å². The summed E-state index contributed by atoms with van der Waals surface area (Å²) in [6.45, 7) is 3.63. The molecule has 0 saturated carbocycles. The van der Waals surface area contributed by atoms with Crippen molar-refractivity contribution in [1.82, 2.24) is 0 Å². The van der Waals surface area contributed by atoms with Gasteiger partial charge in [-0.2, -0.15) is 0 Å². The van der Waals surface area contributed by atoms with E-state index in [1.54, 1.807) is 37.3 Å². The van der Waals surface area contributed by atoms with Gasteiger partial charge in [0.1, 0.15) is 5.75 Å². The van der Waals surface area contributed by atoms with Crippen LogP contribution in [0.5, 0.6) is 11.5 Å². The van der Waals surface area contributed by atoms with Crippen molar-refractivity contribution in [2.45, 2.75) is 13.8 Å². The smallest absolute Gasteiger partial charge is 0.172 e. The summed E-state index contributed by atoms with van der Waals surface area (Å²) in [5, 5.41) is 9.62. The summed E-state index contributed by atoms with van der Waals surface area (Å²) < 4.78 is 19.2. The fourth-order valence-electron chi connectivity index (χ4n) is 1.97. The topological polar surface area (TPSA) is 29.5 Å². The van der Waals surface area contributed by atoms with Gasteiger partial charge in [0, 0.05) is 5.56 Å². The largest absolute Gasteiger partial charge is 0.508 e. The van der Waals surface area contributed by atoms with Gasteiger partial charge in [-0.05, 0) is 48.7 Å². The van der Waals surface area contributed by atoms with Gasteiger partial charge >= 0.3 is 0 Å². The molecule has 2 nitrogen and oxygen atoms in total. The number of aromatic hydroxyl groups is 1. The van der Waals surface area contributed by atoms with Crippen LogP contribution in [0.4, 0.5) is 4.39 Å². The van der Waals surface area contributed by atoms with Crippen molar-refractivity contribution >= 4 is 0 Å². The second kappa shape index (κ2) is 4.69. The van der Waals surface area contributed by atoms with Crippen molar-refractivity contribution in [3.63, 3.8) is 0 Å². The second-order valence-corrected chi connectivity index (χ2v) is 4.28. The van der Waals surface area contributed by atoms with Crippen LogP contribution in [0.1, 0.15) is 11.1 Å². The highest BCUT2D eigenvalue weighted by molar-refractivity contribution is 5.71. The highest BCUT2D eigenvalue weighted by Crippen LogP contribution is 2.33. The zero-order valence-corrected chi connectivity index (χ0v) is 10.6. The fourth-order valence-corrected chi connectivity index (χ4v) is 1.97. The summed E-state index contributed by atoms with van der Waals surface area (Å²) >= 11 is 0. The number of methoxy groups -OCH3 is 1. The Morgan fingerprint density at radius 1 is 1.06 bits per heavy atom. The van der Waals surface area contributed by atoms with Crippen LogP contribution in [-0.4, -0.2) is 12.2 Å². The molecule has 0 radical (unpaired) electrons. The SMILES string of the molecule is COc1cccc(-c2cc(C)c(O)cc2C)c1F. The van der Waals surface area contributed by atoms with E-state index in [2.05, 4.69) is 0 Å². The standard InChI is InChI=1S/C15H15FO2/c1-9-8-13(17)10(2)7-12(9)11-5-4-6-14(18-3)15(11)16/h4-8,17H,1-3H3. The first-order chi connectivity index (χ1) is 8.54. The lowest BCUT2D eigenvalue weighted by atomic mass is 9.97. The number of rotatable bonds is 2. The van der Waals surface area contributed by atoms with Gasteiger partial charge in [-0.15, -0.1) is 0 Å². The van der Waals surface area contributed by atoms with Gasteiger partial charge < -0.3 is 9.84 Å². The average molecular weight is 246 g/mol. The lowest BCUT2D eigenvalue weighted by Crippen LogP contribution is -1.93. The molecule has 2 aromatic carbocycles. The first kappa shape index (κ1) is 12.4. The summed E-state index contributed by atoms with van der Waals surface area (Å²) in [5.74, 6) is 0.0605. The van der Waals surface area contributed by atoms with E-state index >= 15 is 0 Å². The van der Waals surface area contributed by atoms with Gasteiger partial charge in [-0.3, -0.25) is 0 Å². The molecule has 0 aliphatic heterocycles. The van der Waals surface area contributed by atoms with Crippen molar-refractivity contribution in [1.29, 1.82) is 0 Å². The number of aryl methyl sites for hydroxylation is 2. The molecule has 0 amide bonds. The summed E-state index contributed by atoms with van der Waals surface area (Å²) in [7, 11) is 1.44. The highest BCUT2D eigenvalue weighted by Gasteiger charge is 2.13. The van der Waals surface area contributed by atoms with Crippen molar-refractivity contribution in [3.8, 4) is 22.6 Å². The zero-order chi connectivity index (χ0) is 13.3. The number of benzene rings is 2. The Bertz CT molecular complexity index is 591. The molecule has 0 spiro atoms. The van der Waals surface area contributed by atoms with Crippen molar-refractivity contribution in [2.75, 3.05) is 7.11 Å². The predicted molar refractivity (Wildman–Crippen MR) is 69.5 cm³/mol. The van der Waals surface area contributed by atoms with Crippen LogP contribution < -0.4 is 4.74 Å². The fraction of sp³-hybridized carbons (Fsp3) is 0.200. The molecule has 3 heteroatoms. The van der Waals surface area contributed by atoms with E-state index in [1.807, 2.05) is 6.92 Å². The maximum Gasteiger partial charge on any atom is 0.172 e. The molecule has 1 N–H and O–H groups in total. The monoisotopic (exact) mass is 246 g/mol. The van der Waals surface area contributed by atoms with Crippen molar-refractivity contribution in [2.24, 2.45) is 0 Å². The molecule has 2 rings (SSSR count). The molecule has 0 aliphatic rings. The molecule has 0 atom stereocenters. The lowest BCUT2D eigenvalue weighted by molar-refractivity contribution is 0.387. The first-order valence-electron chi connectivity index (χ1n) is 5.67. The Kier molecular flexibility index (Phi) is 3.24. The lowest BCUT2D eigenvalue weighted by Gasteiger charge is -2.12. The molecule has 0 fully saturated rings. The van der Waals surface area contributed by atoms with Crippen molar-refractivity contribution < 1.29 is 14.2 Å². The molecule has 0 bridgehead atoms. The van der Waals surface area contributed by atoms with Gasteiger partial charge in [-0.1, -0.05) is 12.1 Å². The number of phenolic OH excluding ortho intramolecular Hbond substituents is 1. The number of hydrogen-bond acceptors (Lipinski definition) is 2. The predicted octanol–water partition coefficient (Wildman–Crippen LogP) is 3.82. The molecule has 2 aromatic rings. The van der Waals surface area contributed by atoms with E-state index in [-0.39, 0.29) is 17.3 Å². The Morgan fingerprint density at radius 3 is 2.44 bits per heavy atom. The van der Waals surface area contributed by atoms with E-state index in [0.29, 0.717) is 5.56 Å². The quantitative estimate of drug-likeness (QED) is 0.872. The summed E-state index contributed by atoms with van der Waals surface area (Å²) in [4.78, 5) is 0. The van der Waals surface area contributed by atoms with Crippen LogP contribution in [0.15, 0.2) is 30.3 Å². The van der Waals surface area contributed by atoms with Gasteiger partial charge in [0.15, 0.2) is 11.6 Å². The average Bonchev–Trinajstić information content (AvgIpc) is 2.34. The van der Waals surface area contributed by atoms with Crippen LogP contribution in [0.2, 0.25) is 0 Å². The third-order valence-electron chi connectivity index (χ3n) is 3.02. The molecule has 0 unspecified atom stereocenters. The number of phenols is 1. The van der Waals surface area contributed by atoms with Crippen LogP contribution in [0.25, 0.3) is 11.1 Å². The molecule has 0 aromatic heterocycles. The third kappa shape index (κ3) is 2.04. The number of hydrogen-bond donors (Lipinski definition) is 1. The first-order valence-corrected chi connectivity index (χ1v) is 5.67. The Labute approximate surface area is 106 Å². The second-order valence-electron chi connectivity index (χ2n) is 4.28. The van der Waals surface area contributed by atoms with Crippen LogP contribution in [0.3, 0.4) is 0 Å². The van der Waals surface area contributed by atoms with E-state index in [1.165, 1.54) is 7.11 Å². The Morgan fingerprint density at radius 2 is 1.78 bits per heavy atom. The van der Waals surface area contributed by atoms with E-state index in [9.17, 15) is 9.50 Å². The van der Waals surface area contributed by atoms with E-state index in [4.69, 9.17) is 4.74 Å². The minimum absolute atomic E-state index is 0.220. The molecule has 94 valence electrons. The van der Waals surface area contributed by atoms with Crippen LogP contribution in [0, 0.1) is 19.7 Å². The van der Waals surface area contributed by atoms with Crippen LogP contribution in [-0.2, 0) is 0 Å². The number of ether oxygens (including phenoxy) is 1. The third-order valence-corrected chi connectivity index (χ3v) is 3.02. The maximum atomic E-state index is 14.2. The molecule has 0 aliphatic carbocycles. The van der Waals surface area contributed by atoms with Gasteiger partial charge in [0.2, 0.25) is 0 Å². The van der Waals surface area contributed by atoms with Crippen molar-refractivity contribution in [3.05, 3.63) is 47.3 Å². The van der Waals surface area contributed by atoms with Gasteiger partial charge in [0.25, 0.3) is 0 Å². The minimum Gasteiger partial charge on any atom is -0.508 e. The normalized spacial score (nSPS) is 10.4. The van der Waals surface area contributed by atoms with Gasteiger partial charge in [-0.25, -0.2) is 4.39 Å².